The maximum Gasteiger partial charge on any atom is 0.350 e. The van der Waals surface area contributed by atoms with E-state index >= 15 is 0 Å². The third kappa shape index (κ3) is 4.55. The number of ether oxygens (including phenoxy) is 3. The SMILES string of the molecule is CCOc1ccccc1[C@H]1C(=C(O)c2ccc(OC)c(C)c2)C(=O)C(=O)N1c1nc(C)c(C(=O)OC)s1. The lowest BCUT2D eigenvalue weighted by Crippen LogP contribution is -2.29. The van der Waals surface area contributed by atoms with Gasteiger partial charge in [-0.2, -0.15) is 0 Å². The fraction of sp³-hybridized carbons (Fsp3) is 0.259. The maximum atomic E-state index is 13.5. The molecule has 0 radical (unpaired) electrons. The number of thiazole rings is 1. The second kappa shape index (κ2) is 10.4. The van der Waals surface area contributed by atoms with Gasteiger partial charge >= 0.3 is 11.9 Å². The lowest BCUT2D eigenvalue weighted by atomic mass is 9.94. The van der Waals surface area contributed by atoms with Crippen LogP contribution in [-0.4, -0.2) is 48.6 Å². The molecule has 1 N–H and O–H groups in total. The fourth-order valence-electron chi connectivity index (χ4n) is 4.27. The van der Waals surface area contributed by atoms with Gasteiger partial charge in [0.2, 0.25) is 0 Å². The zero-order valence-corrected chi connectivity index (χ0v) is 21.8. The van der Waals surface area contributed by atoms with Crippen LogP contribution in [0.4, 0.5) is 5.13 Å². The Labute approximate surface area is 217 Å². The third-order valence-electron chi connectivity index (χ3n) is 5.99. The summed E-state index contributed by atoms with van der Waals surface area (Å²) in [6.07, 6.45) is 0. The third-order valence-corrected chi connectivity index (χ3v) is 7.13. The molecule has 1 saturated heterocycles. The number of Topliss-reactive ketones (excluding diaryl/α,β-unsaturated/α-hetero) is 1. The van der Waals surface area contributed by atoms with Crippen molar-refractivity contribution < 1.29 is 33.7 Å². The summed E-state index contributed by atoms with van der Waals surface area (Å²) in [7, 11) is 2.79. The van der Waals surface area contributed by atoms with Gasteiger partial charge in [0.05, 0.1) is 32.1 Å². The van der Waals surface area contributed by atoms with Gasteiger partial charge in [-0.25, -0.2) is 9.78 Å². The number of aromatic nitrogens is 1. The van der Waals surface area contributed by atoms with Crippen molar-refractivity contribution in [3.05, 3.63) is 75.3 Å². The molecule has 1 aliphatic rings. The predicted octanol–water partition coefficient (Wildman–Crippen LogP) is 4.58. The smallest absolute Gasteiger partial charge is 0.350 e. The van der Waals surface area contributed by atoms with Crippen LogP contribution in [0.2, 0.25) is 0 Å². The van der Waals surface area contributed by atoms with E-state index in [-0.39, 0.29) is 21.3 Å². The highest BCUT2D eigenvalue weighted by molar-refractivity contribution is 7.17. The molecule has 1 aliphatic heterocycles. The van der Waals surface area contributed by atoms with Crippen molar-refractivity contribution >= 4 is 39.9 Å². The molecule has 9 nitrogen and oxygen atoms in total. The van der Waals surface area contributed by atoms with Gasteiger partial charge in [-0.05, 0) is 50.6 Å². The van der Waals surface area contributed by atoms with E-state index in [1.807, 2.05) is 13.8 Å². The highest BCUT2D eigenvalue weighted by Gasteiger charge is 2.49. The number of ketones is 1. The lowest BCUT2D eigenvalue weighted by Gasteiger charge is -2.24. The Kier molecular flexibility index (Phi) is 7.30. The number of benzene rings is 2. The lowest BCUT2D eigenvalue weighted by molar-refractivity contribution is -0.132. The first kappa shape index (κ1) is 25.9. The molecule has 0 spiro atoms. The van der Waals surface area contributed by atoms with Crippen LogP contribution < -0.4 is 14.4 Å². The molecular formula is C27H26N2O7S. The molecule has 10 heteroatoms. The number of amides is 1. The van der Waals surface area contributed by atoms with Crippen LogP contribution in [0.5, 0.6) is 11.5 Å². The zero-order valence-electron chi connectivity index (χ0n) is 21.0. The summed E-state index contributed by atoms with van der Waals surface area (Å²) in [5.74, 6) is -1.64. The Morgan fingerprint density at radius 2 is 1.84 bits per heavy atom. The van der Waals surface area contributed by atoms with Gasteiger partial charge in [0.25, 0.3) is 5.78 Å². The minimum Gasteiger partial charge on any atom is -0.507 e. The molecule has 0 bridgehead atoms. The van der Waals surface area contributed by atoms with E-state index in [0.29, 0.717) is 34.9 Å². The number of carbonyl (C=O) groups excluding carboxylic acids is 3. The van der Waals surface area contributed by atoms with Crippen molar-refractivity contribution in [2.45, 2.75) is 26.8 Å². The molecule has 0 aliphatic carbocycles. The van der Waals surface area contributed by atoms with E-state index < -0.39 is 23.7 Å². The Hall–Kier alpha value is -4.18. The number of aliphatic hydroxyl groups is 1. The minimum atomic E-state index is -1.05. The average molecular weight is 523 g/mol. The van der Waals surface area contributed by atoms with Crippen molar-refractivity contribution in [2.75, 3.05) is 25.7 Å². The summed E-state index contributed by atoms with van der Waals surface area (Å²) >= 11 is 0.935. The van der Waals surface area contributed by atoms with Crippen LogP contribution in [0, 0.1) is 13.8 Å². The maximum absolute atomic E-state index is 13.5. The number of aryl methyl sites for hydroxylation is 2. The van der Waals surface area contributed by atoms with E-state index in [9.17, 15) is 19.5 Å². The zero-order chi connectivity index (χ0) is 26.9. The molecule has 1 fully saturated rings. The summed E-state index contributed by atoms with van der Waals surface area (Å²) in [6.45, 7) is 5.59. The monoisotopic (exact) mass is 522 g/mol. The number of nitrogens with zero attached hydrogens (tertiary/aromatic N) is 2. The quantitative estimate of drug-likeness (QED) is 0.208. The van der Waals surface area contributed by atoms with E-state index in [4.69, 9.17) is 14.2 Å². The summed E-state index contributed by atoms with van der Waals surface area (Å²) in [4.78, 5) is 45.0. The number of anilines is 1. The van der Waals surface area contributed by atoms with E-state index in [2.05, 4.69) is 4.98 Å². The van der Waals surface area contributed by atoms with Crippen LogP contribution in [0.1, 0.15) is 45.0 Å². The first-order chi connectivity index (χ1) is 17.7. The fourth-order valence-corrected chi connectivity index (χ4v) is 5.28. The number of carbonyl (C=O) groups is 3. The van der Waals surface area contributed by atoms with Crippen LogP contribution in [0.25, 0.3) is 5.76 Å². The van der Waals surface area contributed by atoms with Gasteiger partial charge in [0, 0.05) is 11.1 Å². The standard InChI is InChI=1S/C27H26N2O7S/c1-6-36-19-10-8-7-9-17(19)21-20(22(30)16-11-12-18(34-4)14(2)13-16)23(31)25(32)29(21)27-28-15(3)24(37-27)26(33)35-5/h7-13,21,30H,6H2,1-5H3/t21-/m0/s1. The Bertz CT molecular complexity index is 1430. The number of hydrogen-bond donors (Lipinski definition) is 1. The normalized spacial score (nSPS) is 16.7. The number of hydrogen-bond acceptors (Lipinski definition) is 9. The molecule has 4 rings (SSSR count). The largest absolute Gasteiger partial charge is 0.507 e. The van der Waals surface area contributed by atoms with Crippen molar-refractivity contribution in [1.29, 1.82) is 0 Å². The van der Waals surface area contributed by atoms with Gasteiger partial charge in [0.1, 0.15) is 28.2 Å². The number of rotatable bonds is 7. The molecule has 1 amide bonds. The topological polar surface area (TPSA) is 115 Å². The van der Waals surface area contributed by atoms with E-state index in [0.717, 1.165) is 16.9 Å². The van der Waals surface area contributed by atoms with Crippen LogP contribution in [0.15, 0.2) is 48.0 Å². The highest BCUT2D eigenvalue weighted by Crippen LogP contribution is 2.46. The first-order valence-corrected chi connectivity index (χ1v) is 12.3. The van der Waals surface area contributed by atoms with Gasteiger partial charge in [-0.3, -0.25) is 14.5 Å². The number of methoxy groups -OCH3 is 2. The van der Waals surface area contributed by atoms with Crippen molar-refractivity contribution in [3.63, 3.8) is 0 Å². The second-order valence-corrected chi connectivity index (χ2v) is 9.20. The first-order valence-electron chi connectivity index (χ1n) is 11.5. The molecule has 1 aromatic heterocycles. The average Bonchev–Trinajstić information content (AvgIpc) is 3.40. The minimum absolute atomic E-state index is 0.116. The molecule has 1 atom stereocenters. The molecule has 37 heavy (non-hydrogen) atoms. The molecular weight excluding hydrogens is 496 g/mol. The van der Waals surface area contributed by atoms with Crippen LogP contribution in [0.3, 0.4) is 0 Å². The Balaban J connectivity index is 1.97. The molecule has 0 unspecified atom stereocenters. The van der Waals surface area contributed by atoms with Crippen LogP contribution in [-0.2, 0) is 14.3 Å². The van der Waals surface area contributed by atoms with Gasteiger partial charge in [0.15, 0.2) is 5.13 Å². The summed E-state index contributed by atoms with van der Waals surface area (Å²) in [5, 5.41) is 11.5. The predicted molar refractivity (Wildman–Crippen MR) is 138 cm³/mol. The Morgan fingerprint density at radius 1 is 1.11 bits per heavy atom. The molecule has 3 aromatic rings. The Morgan fingerprint density at radius 3 is 2.49 bits per heavy atom. The van der Waals surface area contributed by atoms with E-state index in [1.54, 1.807) is 49.4 Å². The highest BCUT2D eigenvalue weighted by atomic mass is 32.1. The number of aliphatic hydroxyl groups excluding tert-OH is 1. The summed E-state index contributed by atoms with van der Waals surface area (Å²) < 4.78 is 15.9. The number of para-hydroxylation sites is 1. The molecule has 2 heterocycles. The summed E-state index contributed by atoms with van der Waals surface area (Å²) in [6, 6.07) is 10.9. The second-order valence-electron chi connectivity index (χ2n) is 8.23. The van der Waals surface area contributed by atoms with Crippen molar-refractivity contribution in [1.82, 2.24) is 4.98 Å². The van der Waals surface area contributed by atoms with Crippen molar-refractivity contribution in [2.24, 2.45) is 0 Å². The summed E-state index contributed by atoms with van der Waals surface area (Å²) in [5.41, 5.74) is 1.82. The molecule has 0 saturated carbocycles. The van der Waals surface area contributed by atoms with Gasteiger partial charge < -0.3 is 19.3 Å². The molecule has 2 aromatic carbocycles. The van der Waals surface area contributed by atoms with E-state index in [1.165, 1.54) is 19.1 Å². The van der Waals surface area contributed by atoms with Gasteiger partial charge in [-0.1, -0.05) is 29.5 Å². The van der Waals surface area contributed by atoms with Gasteiger partial charge in [-0.15, -0.1) is 0 Å². The number of esters is 1. The van der Waals surface area contributed by atoms with Crippen LogP contribution >= 0.6 is 11.3 Å². The van der Waals surface area contributed by atoms with Crippen molar-refractivity contribution in [3.8, 4) is 11.5 Å². The molecule has 192 valence electrons.